The molecule has 19 heavy (non-hydrogen) atoms. The number of aromatic amines is 1. The fraction of sp³-hybridized carbons (Fsp3) is 0.250. The van der Waals surface area contributed by atoms with Gasteiger partial charge in [-0.05, 0) is 42.0 Å². The van der Waals surface area contributed by atoms with Crippen molar-refractivity contribution in [2.24, 2.45) is 0 Å². The van der Waals surface area contributed by atoms with Crippen LogP contribution in [-0.2, 0) is 19.3 Å². The molecule has 3 heteroatoms. The van der Waals surface area contributed by atoms with Crippen LogP contribution in [0.25, 0.3) is 11.0 Å². The van der Waals surface area contributed by atoms with Crippen molar-refractivity contribution in [2.45, 2.75) is 25.7 Å². The van der Waals surface area contributed by atoms with Gasteiger partial charge >= 0.3 is 0 Å². The van der Waals surface area contributed by atoms with E-state index >= 15 is 0 Å². The number of nitrogens with zero attached hydrogens (tertiary/aromatic N) is 2. The predicted molar refractivity (Wildman–Crippen MR) is 75.2 cm³/mol. The average molecular weight is 249 g/mol. The lowest BCUT2D eigenvalue weighted by molar-refractivity contribution is 0.911. The first kappa shape index (κ1) is 10.7. The van der Waals surface area contributed by atoms with Gasteiger partial charge in [0.25, 0.3) is 0 Å². The van der Waals surface area contributed by atoms with Gasteiger partial charge in [-0.3, -0.25) is 0 Å². The predicted octanol–water partition coefficient (Wildman–Crippen LogP) is 3.04. The highest BCUT2D eigenvalue weighted by atomic mass is 14.9. The Morgan fingerprint density at radius 2 is 2.00 bits per heavy atom. The van der Waals surface area contributed by atoms with Crippen molar-refractivity contribution in [1.29, 1.82) is 0 Å². The normalized spacial score (nSPS) is 13.9. The molecule has 0 radical (unpaired) electrons. The molecule has 0 spiro atoms. The number of hydrogen-bond donors (Lipinski definition) is 1. The van der Waals surface area contributed by atoms with Crippen LogP contribution in [0.2, 0.25) is 0 Å². The van der Waals surface area contributed by atoms with E-state index in [2.05, 4.69) is 39.2 Å². The van der Waals surface area contributed by atoms with Crippen molar-refractivity contribution in [2.75, 3.05) is 0 Å². The molecule has 0 aliphatic heterocycles. The van der Waals surface area contributed by atoms with Crippen LogP contribution in [0.4, 0.5) is 0 Å². The van der Waals surface area contributed by atoms with Gasteiger partial charge in [-0.2, -0.15) is 0 Å². The van der Waals surface area contributed by atoms with E-state index in [-0.39, 0.29) is 0 Å². The Morgan fingerprint density at radius 3 is 3.00 bits per heavy atom. The Labute approximate surface area is 111 Å². The Hall–Kier alpha value is -2.16. The van der Waals surface area contributed by atoms with Crippen LogP contribution in [0.15, 0.2) is 36.8 Å². The fourth-order valence-corrected chi connectivity index (χ4v) is 3.00. The summed E-state index contributed by atoms with van der Waals surface area (Å²) in [5.74, 6) is 0. The molecule has 3 aromatic rings. The third-order valence-electron chi connectivity index (χ3n) is 3.97. The lowest BCUT2D eigenvalue weighted by Crippen LogP contribution is -1.95. The summed E-state index contributed by atoms with van der Waals surface area (Å²) in [7, 11) is 0. The molecule has 1 N–H and O–H groups in total. The van der Waals surface area contributed by atoms with Gasteiger partial charge in [0.1, 0.15) is 12.0 Å². The maximum atomic E-state index is 4.44. The van der Waals surface area contributed by atoms with Crippen LogP contribution in [0.5, 0.6) is 0 Å². The van der Waals surface area contributed by atoms with Gasteiger partial charge in [0.05, 0.1) is 5.69 Å². The second-order valence-corrected chi connectivity index (χ2v) is 5.19. The molecule has 0 saturated carbocycles. The second kappa shape index (κ2) is 4.19. The van der Waals surface area contributed by atoms with Gasteiger partial charge in [0.15, 0.2) is 0 Å². The summed E-state index contributed by atoms with van der Waals surface area (Å²) in [4.78, 5) is 11.8. The highest BCUT2D eigenvalue weighted by molar-refractivity contribution is 5.77. The molecule has 1 aliphatic carbocycles. The summed E-state index contributed by atoms with van der Waals surface area (Å²) in [6, 6.07) is 8.93. The van der Waals surface area contributed by atoms with Gasteiger partial charge in [-0.25, -0.2) is 9.97 Å². The number of benzene rings is 1. The average Bonchev–Trinajstić information content (AvgIpc) is 3.06. The molecular formula is C16H15N3. The molecule has 94 valence electrons. The first-order valence-electron chi connectivity index (χ1n) is 6.78. The summed E-state index contributed by atoms with van der Waals surface area (Å²) in [5, 5.41) is 1.13. The summed E-state index contributed by atoms with van der Waals surface area (Å²) >= 11 is 0. The highest BCUT2D eigenvalue weighted by Gasteiger charge is 2.12. The van der Waals surface area contributed by atoms with Gasteiger partial charge in [-0.1, -0.05) is 18.2 Å². The molecular weight excluding hydrogens is 234 g/mol. The lowest BCUT2D eigenvalue weighted by atomic mass is 10.0. The monoisotopic (exact) mass is 249 g/mol. The van der Waals surface area contributed by atoms with Crippen LogP contribution in [0.3, 0.4) is 0 Å². The summed E-state index contributed by atoms with van der Waals surface area (Å²) < 4.78 is 0. The highest BCUT2D eigenvalue weighted by Crippen LogP contribution is 2.24. The third kappa shape index (κ3) is 1.82. The second-order valence-electron chi connectivity index (χ2n) is 5.19. The zero-order chi connectivity index (χ0) is 12.7. The van der Waals surface area contributed by atoms with E-state index in [1.54, 1.807) is 6.33 Å². The topological polar surface area (TPSA) is 41.6 Å². The maximum Gasteiger partial charge on any atom is 0.140 e. The molecule has 0 saturated heterocycles. The number of hydrogen-bond acceptors (Lipinski definition) is 2. The molecule has 2 heterocycles. The van der Waals surface area contributed by atoms with Crippen molar-refractivity contribution in [3.8, 4) is 0 Å². The van der Waals surface area contributed by atoms with E-state index in [1.165, 1.54) is 36.0 Å². The van der Waals surface area contributed by atoms with Crippen LogP contribution in [-0.4, -0.2) is 15.0 Å². The number of nitrogens with one attached hydrogen (secondary N) is 1. The van der Waals surface area contributed by atoms with Crippen molar-refractivity contribution < 1.29 is 0 Å². The maximum absolute atomic E-state index is 4.44. The number of H-pyrrole nitrogens is 1. The summed E-state index contributed by atoms with van der Waals surface area (Å²) in [6.07, 6.45) is 8.21. The number of fused-ring (bicyclic) bond motifs is 2. The van der Waals surface area contributed by atoms with Gasteiger partial charge in [-0.15, -0.1) is 0 Å². The third-order valence-corrected chi connectivity index (χ3v) is 3.97. The first-order chi connectivity index (χ1) is 9.40. The van der Waals surface area contributed by atoms with Crippen molar-refractivity contribution in [1.82, 2.24) is 15.0 Å². The smallest absolute Gasteiger partial charge is 0.140 e. The van der Waals surface area contributed by atoms with Crippen LogP contribution >= 0.6 is 0 Å². The van der Waals surface area contributed by atoms with Gasteiger partial charge in [0, 0.05) is 18.0 Å². The SMILES string of the molecule is c1nc(Cc2ccc3c(c2)CCC3)c2cc[nH]c2n1. The molecule has 0 fully saturated rings. The van der Waals surface area contributed by atoms with E-state index in [1.807, 2.05) is 6.20 Å². The lowest BCUT2D eigenvalue weighted by Gasteiger charge is -2.05. The van der Waals surface area contributed by atoms with E-state index < -0.39 is 0 Å². The zero-order valence-corrected chi connectivity index (χ0v) is 10.7. The Bertz CT molecular complexity index is 743. The molecule has 1 aromatic carbocycles. The molecule has 2 aromatic heterocycles. The quantitative estimate of drug-likeness (QED) is 0.758. The number of rotatable bonds is 2. The molecule has 3 nitrogen and oxygen atoms in total. The molecule has 0 amide bonds. The Morgan fingerprint density at radius 1 is 1.05 bits per heavy atom. The van der Waals surface area contributed by atoms with Crippen molar-refractivity contribution in [3.63, 3.8) is 0 Å². The van der Waals surface area contributed by atoms with E-state index in [0.717, 1.165) is 23.1 Å². The minimum absolute atomic E-state index is 0.879. The molecule has 4 rings (SSSR count). The van der Waals surface area contributed by atoms with Crippen LogP contribution < -0.4 is 0 Å². The van der Waals surface area contributed by atoms with Crippen molar-refractivity contribution >= 4 is 11.0 Å². The largest absolute Gasteiger partial charge is 0.346 e. The van der Waals surface area contributed by atoms with E-state index in [9.17, 15) is 0 Å². The van der Waals surface area contributed by atoms with E-state index in [0.29, 0.717) is 0 Å². The fourth-order valence-electron chi connectivity index (χ4n) is 3.00. The molecule has 1 aliphatic rings. The summed E-state index contributed by atoms with van der Waals surface area (Å²) in [6.45, 7) is 0. The first-order valence-corrected chi connectivity index (χ1v) is 6.78. The molecule has 0 bridgehead atoms. The zero-order valence-electron chi connectivity index (χ0n) is 10.7. The Balaban J connectivity index is 1.73. The van der Waals surface area contributed by atoms with Crippen molar-refractivity contribution in [3.05, 3.63) is 59.2 Å². The van der Waals surface area contributed by atoms with Crippen LogP contribution in [0, 0.1) is 0 Å². The van der Waals surface area contributed by atoms with E-state index in [4.69, 9.17) is 0 Å². The summed E-state index contributed by atoms with van der Waals surface area (Å²) in [5.41, 5.74) is 6.42. The van der Waals surface area contributed by atoms with Gasteiger partial charge < -0.3 is 4.98 Å². The van der Waals surface area contributed by atoms with Gasteiger partial charge in [0.2, 0.25) is 0 Å². The Kier molecular flexibility index (Phi) is 2.37. The number of aromatic nitrogens is 3. The van der Waals surface area contributed by atoms with Crippen LogP contribution in [0.1, 0.15) is 28.8 Å². The standard InChI is InChI=1S/C16H15N3/c1-2-12-5-4-11(8-13(12)3-1)9-15-14-6-7-17-16(14)19-10-18-15/h4-8,10H,1-3,9H2,(H,17,18,19). The minimum Gasteiger partial charge on any atom is -0.346 e. The number of aryl methyl sites for hydroxylation is 2. The minimum atomic E-state index is 0.879. The molecule has 0 unspecified atom stereocenters. The molecule has 0 atom stereocenters.